The Hall–Kier alpha value is -3.16. The third kappa shape index (κ3) is 3.82. The highest BCUT2D eigenvalue weighted by atomic mass is 35.5. The van der Waals surface area contributed by atoms with Crippen LogP contribution in [-0.4, -0.2) is 51.3 Å². The van der Waals surface area contributed by atoms with E-state index in [4.69, 9.17) is 21.3 Å². The van der Waals surface area contributed by atoms with Crippen molar-refractivity contribution in [3.8, 4) is 11.3 Å². The average Bonchev–Trinajstić information content (AvgIpc) is 3.37. The SMILES string of the molecule is Cn1ncc(Cl)c1C(=O)Cc1cc(N2CCOCC2)n2cc(-c3ccccc3)nc2c1. The molecular weight excluding hydrogens is 414 g/mol. The van der Waals surface area contributed by atoms with Crippen molar-refractivity contribution in [2.45, 2.75) is 6.42 Å². The Morgan fingerprint density at radius 3 is 2.65 bits per heavy atom. The van der Waals surface area contributed by atoms with Crippen molar-refractivity contribution in [1.82, 2.24) is 19.2 Å². The fourth-order valence-corrected chi connectivity index (χ4v) is 4.27. The second-order valence-corrected chi connectivity index (χ2v) is 8.01. The molecular formula is C23H22ClN5O2. The highest BCUT2D eigenvalue weighted by Crippen LogP contribution is 2.27. The van der Waals surface area contributed by atoms with Crippen molar-refractivity contribution < 1.29 is 9.53 Å². The summed E-state index contributed by atoms with van der Waals surface area (Å²) < 4.78 is 9.15. The van der Waals surface area contributed by atoms with Crippen LogP contribution in [0.4, 0.5) is 5.82 Å². The zero-order valence-electron chi connectivity index (χ0n) is 17.2. The van der Waals surface area contributed by atoms with E-state index in [0.29, 0.717) is 23.9 Å². The minimum atomic E-state index is -0.0721. The summed E-state index contributed by atoms with van der Waals surface area (Å²) in [6.07, 6.45) is 3.78. The number of carbonyl (C=O) groups is 1. The Kier molecular flexibility index (Phi) is 5.21. The molecule has 0 unspecified atom stereocenters. The van der Waals surface area contributed by atoms with Crippen LogP contribution in [-0.2, 0) is 18.2 Å². The lowest BCUT2D eigenvalue weighted by Crippen LogP contribution is -2.37. The Morgan fingerprint density at radius 2 is 1.94 bits per heavy atom. The number of morpholine rings is 1. The maximum atomic E-state index is 13.0. The molecule has 5 rings (SSSR count). The van der Waals surface area contributed by atoms with Gasteiger partial charge in [0.05, 0.1) is 30.1 Å². The van der Waals surface area contributed by atoms with Gasteiger partial charge in [0.2, 0.25) is 0 Å². The summed E-state index contributed by atoms with van der Waals surface area (Å²) in [5.74, 6) is 0.937. The van der Waals surface area contributed by atoms with E-state index in [-0.39, 0.29) is 12.2 Å². The molecule has 1 aromatic carbocycles. The summed E-state index contributed by atoms with van der Waals surface area (Å²) in [6, 6.07) is 14.1. The highest BCUT2D eigenvalue weighted by Gasteiger charge is 2.20. The molecule has 0 bridgehead atoms. The predicted octanol–water partition coefficient (Wildman–Crippen LogP) is 3.65. The lowest BCUT2D eigenvalue weighted by molar-refractivity contribution is 0.0984. The quantitative estimate of drug-likeness (QED) is 0.448. The Morgan fingerprint density at radius 1 is 1.16 bits per heavy atom. The third-order valence-corrected chi connectivity index (χ3v) is 5.81. The summed E-state index contributed by atoms with van der Waals surface area (Å²) in [4.78, 5) is 20.1. The van der Waals surface area contributed by atoms with Gasteiger partial charge in [-0.05, 0) is 17.7 Å². The fraction of sp³-hybridized carbons (Fsp3) is 0.261. The topological polar surface area (TPSA) is 64.7 Å². The molecule has 8 heteroatoms. The summed E-state index contributed by atoms with van der Waals surface area (Å²) in [5.41, 5.74) is 4.07. The molecule has 0 N–H and O–H groups in total. The molecule has 0 atom stereocenters. The molecule has 4 aromatic rings. The molecule has 0 spiro atoms. The van der Waals surface area contributed by atoms with Gasteiger partial charge >= 0.3 is 0 Å². The van der Waals surface area contributed by atoms with Crippen LogP contribution in [0.25, 0.3) is 16.9 Å². The van der Waals surface area contributed by atoms with Crippen molar-refractivity contribution in [2.75, 3.05) is 31.2 Å². The Balaban J connectivity index is 1.58. The van der Waals surface area contributed by atoms with E-state index in [2.05, 4.69) is 26.7 Å². The van der Waals surface area contributed by atoms with E-state index >= 15 is 0 Å². The first-order chi connectivity index (χ1) is 15.1. The van der Waals surface area contributed by atoms with Gasteiger partial charge in [-0.3, -0.25) is 13.9 Å². The maximum absolute atomic E-state index is 13.0. The van der Waals surface area contributed by atoms with E-state index in [1.165, 1.54) is 10.9 Å². The van der Waals surface area contributed by atoms with Crippen LogP contribution in [0, 0.1) is 0 Å². The number of pyridine rings is 1. The molecule has 0 aliphatic carbocycles. The number of halogens is 1. The van der Waals surface area contributed by atoms with Gasteiger partial charge in [0.1, 0.15) is 17.2 Å². The first-order valence-corrected chi connectivity index (χ1v) is 10.6. The molecule has 1 saturated heterocycles. The standard InChI is InChI=1S/C23H22ClN5O2/c1-27-23(18(24)14-25-27)20(30)11-16-12-21-26-19(17-5-3-2-4-6-17)15-29(21)22(13-16)28-7-9-31-10-8-28/h2-6,12-15H,7-11H2,1H3. The fourth-order valence-electron chi connectivity index (χ4n) is 4.00. The molecule has 7 nitrogen and oxygen atoms in total. The van der Waals surface area contributed by atoms with Gasteiger partial charge in [-0.15, -0.1) is 0 Å². The lowest BCUT2D eigenvalue weighted by atomic mass is 10.1. The molecule has 1 aliphatic rings. The summed E-state index contributed by atoms with van der Waals surface area (Å²) in [6.45, 7) is 2.93. The number of anilines is 1. The van der Waals surface area contributed by atoms with Crippen LogP contribution < -0.4 is 4.90 Å². The monoisotopic (exact) mass is 435 g/mol. The molecule has 0 amide bonds. The zero-order valence-corrected chi connectivity index (χ0v) is 17.9. The van der Waals surface area contributed by atoms with Crippen molar-refractivity contribution >= 4 is 28.8 Å². The number of rotatable bonds is 5. The number of Topliss-reactive ketones (excluding diaryl/α,β-unsaturated/α-hetero) is 1. The number of aromatic nitrogens is 4. The normalized spacial score (nSPS) is 14.3. The van der Waals surface area contributed by atoms with Crippen LogP contribution in [0.5, 0.6) is 0 Å². The molecule has 3 aromatic heterocycles. The van der Waals surface area contributed by atoms with Gasteiger partial charge in [-0.1, -0.05) is 41.9 Å². The largest absolute Gasteiger partial charge is 0.378 e. The summed E-state index contributed by atoms with van der Waals surface area (Å²) in [5, 5.41) is 4.45. The average molecular weight is 436 g/mol. The van der Waals surface area contributed by atoms with Crippen molar-refractivity contribution in [1.29, 1.82) is 0 Å². The van der Waals surface area contributed by atoms with Gasteiger partial charge in [-0.25, -0.2) is 4.98 Å². The van der Waals surface area contributed by atoms with Gasteiger partial charge < -0.3 is 9.64 Å². The smallest absolute Gasteiger partial charge is 0.186 e. The highest BCUT2D eigenvalue weighted by molar-refractivity contribution is 6.33. The molecule has 0 saturated carbocycles. The molecule has 4 heterocycles. The van der Waals surface area contributed by atoms with Gasteiger partial charge in [0.15, 0.2) is 5.78 Å². The molecule has 0 radical (unpaired) electrons. The number of nitrogens with zero attached hydrogens (tertiary/aromatic N) is 5. The first-order valence-electron chi connectivity index (χ1n) is 10.2. The van der Waals surface area contributed by atoms with Crippen LogP contribution in [0.15, 0.2) is 54.9 Å². The molecule has 1 fully saturated rings. The van der Waals surface area contributed by atoms with Crippen molar-refractivity contribution in [3.05, 3.63) is 71.1 Å². The van der Waals surface area contributed by atoms with Gasteiger partial charge in [0.25, 0.3) is 0 Å². The number of hydrogen-bond acceptors (Lipinski definition) is 5. The van der Waals surface area contributed by atoms with E-state index < -0.39 is 0 Å². The van der Waals surface area contributed by atoms with Gasteiger partial charge in [-0.2, -0.15) is 5.10 Å². The van der Waals surface area contributed by atoms with E-state index in [9.17, 15) is 4.79 Å². The van der Waals surface area contributed by atoms with Gasteiger partial charge in [0, 0.05) is 38.3 Å². The van der Waals surface area contributed by atoms with E-state index in [0.717, 1.165) is 41.4 Å². The number of fused-ring (bicyclic) bond motifs is 1. The van der Waals surface area contributed by atoms with E-state index in [1.54, 1.807) is 7.05 Å². The Labute approximate surface area is 184 Å². The van der Waals surface area contributed by atoms with Crippen LogP contribution in [0.2, 0.25) is 5.02 Å². The Bertz CT molecular complexity index is 1220. The van der Waals surface area contributed by atoms with Crippen LogP contribution >= 0.6 is 11.6 Å². The lowest BCUT2D eigenvalue weighted by Gasteiger charge is -2.29. The number of aryl methyl sites for hydroxylation is 1. The zero-order chi connectivity index (χ0) is 21.4. The third-order valence-electron chi connectivity index (χ3n) is 5.54. The second-order valence-electron chi connectivity index (χ2n) is 7.61. The van der Waals surface area contributed by atoms with Crippen LogP contribution in [0.1, 0.15) is 16.1 Å². The number of ether oxygens (including phenoxy) is 1. The first kappa shape index (κ1) is 19.8. The molecule has 158 valence electrons. The molecule has 1 aliphatic heterocycles. The number of imidazole rings is 1. The summed E-state index contributed by atoms with van der Waals surface area (Å²) in [7, 11) is 1.72. The number of hydrogen-bond donors (Lipinski definition) is 0. The van der Waals surface area contributed by atoms with Crippen molar-refractivity contribution in [3.63, 3.8) is 0 Å². The maximum Gasteiger partial charge on any atom is 0.186 e. The summed E-state index contributed by atoms with van der Waals surface area (Å²) >= 11 is 6.18. The van der Waals surface area contributed by atoms with Crippen molar-refractivity contribution in [2.24, 2.45) is 7.05 Å². The minimum Gasteiger partial charge on any atom is -0.378 e. The van der Waals surface area contributed by atoms with Crippen LogP contribution in [0.3, 0.4) is 0 Å². The number of benzene rings is 1. The molecule has 31 heavy (non-hydrogen) atoms. The number of carbonyl (C=O) groups excluding carboxylic acids is 1. The predicted molar refractivity (Wildman–Crippen MR) is 120 cm³/mol. The van der Waals surface area contributed by atoms with E-state index in [1.807, 2.05) is 36.4 Å². The second kappa shape index (κ2) is 8.17. The minimum absolute atomic E-state index is 0.0721. The number of ketones is 1.